The number of carbonyl (C=O) groups is 3. The molecule has 2 atom stereocenters. The maximum atomic E-state index is 11.8. The Bertz CT molecular complexity index is 407. The lowest BCUT2D eigenvalue weighted by molar-refractivity contribution is -0.141. The van der Waals surface area contributed by atoms with E-state index in [2.05, 4.69) is 16.0 Å². The third kappa shape index (κ3) is 7.53. The molecule has 0 rings (SSSR count). The highest BCUT2D eigenvalue weighted by Crippen LogP contribution is 2.19. The number of amides is 3. The first-order valence-electron chi connectivity index (χ1n) is 6.86. The van der Waals surface area contributed by atoms with Crippen LogP contribution in [0.25, 0.3) is 0 Å². The molecule has 7 nitrogen and oxygen atoms in total. The number of nitrogens with one attached hydrogen (secondary N) is 3. The summed E-state index contributed by atoms with van der Waals surface area (Å²) in [5, 5.41) is 16.7. The number of rotatable bonds is 4. The summed E-state index contributed by atoms with van der Waals surface area (Å²) in [7, 11) is 0. The monoisotopic (exact) mass is 301 g/mol. The highest BCUT2D eigenvalue weighted by atomic mass is 16.4. The lowest BCUT2D eigenvalue weighted by Crippen LogP contribution is -2.57. The number of carboxylic acids is 1. The van der Waals surface area contributed by atoms with Crippen molar-refractivity contribution in [2.75, 3.05) is 0 Å². The van der Waals surface area contributed by atoms with E-state index in [9.17, 15) is 14.4 Å². The van der Waals surface area contributed by atoms with Crippen LogP contribution in [0.2, 0.25) is 0 Å². The van der Waals surface area contributed by atoms with Gasteiger partial charge < -0.3 is 21.1 Å². The summed E-state index contributed by atoms with van der Waals surface area (Å²) in [5.74, 6) is -1.45. The zero-order valence-electron chi connectivity index (χ0n) is 13.8. The van der Waals surface area contributed by atoms with Crippen LogP contribution >= 0.6 is 0 Å². The average molecular weight is 301 g/mol. The van der Waals surface area contributed by atoms with Gasteiger partial charge >= 0.3 is 12.0 Å². The van der Waals surface area contributed by atoms with E-state index in [1.807, 2.05) is 20.8 Å². The Kier molecular flexibility index (Phi) is 6.20. The first-order chi connectivity index (χ1) is 9.24. The standard InChI is InChI=1S/C14H27N3O4/c1-8(10(18)17-14(5,6)7)15-12(21)16-9(11(19)20)13(2,3)4/h8-9H,1-7H3,(H,17,18)(H,19,20)(H2,15,16,21)/t8?,9-/m0/s1. The summed E-state index contributed by atoms with van der Waals surface area (Å²) >= 11 is 0. The molecule has 0 aromatic carbocycles. The lowest BCUT2D eigenvalue weighted by atomic mass is 9.87. The van der Waals surface area contributed by atoms with Crippen molar-refractivity contribution >= 4 is 17.9 Å². The SMILES string of the molecule is CC(NC(=O)N[C@@H](C(=O)O)C(C)(C)C)C(=O)NC(C)(C)C. The summed E-state index contributed by atoms with van der Waals surface area (Å²) in [4.78, 5) is 34.8. The number of carboxylic acid groups (broad SMARTS) is 1. The molecular weight excluding hydrogens is 274 g/mol. The van der Waals surface area contributed by atoms with Crippen molar-refractivity contribution in [3.8, 4) is 0 Å². The molecule has 0 saturated heterocycles. The van der Waals surface area contributed by atoms with Crippen LogP contribution in [0.4, 0.5) is 4.79 Å². The smallest absolute Gasteiger partial charge is 0.326 e. The molecule has 1 unspecified atom stereocenters. The van der Waals surface area contributed by atoms with Crippen LogP contribution in [0.5, 0.6) is 0 Å². The Morgan fingerprint density at radius 1 is 0.952 bits per heavy atom. The van der Waals surface area contributed by atoms with Gasteiger partial charge in [0.15, 0.2) is 0 Å². The minimum Gasteiger partial charge on any atom is -0.480 e. The van der Waals surface area contributed by atoms with Gasteiger partial charge in [0, 0.05) is 5.54 Å². The van der Waals surface area contributed by atoms with Crippen LogP contribution < -0.4 is 16.0 Å². The van der Waals surface area contributed by atoms with Gasteiger partial charge in [0.2, 0.25) is 5.91 Å². The number of urea groups is 1. The Morgan fingerprint density at radius 3 is 1.76 bits per heavy atom. The second kappa shape index (κ2) is 6.78. The topological polar surface area (TPSA) is 108 Å². The van der Waals surface area contributed by atoms with Gasteiger partial charge in [-0.25, -0.2) is 9.59 Å². The third-order valence-corrected chi connectivity index (χ3v) is 2.63. The van der Waals surface area contributed by atoms with Crippen LogP contribution in [-0.4, -0.2) is 40.6 Å². The Morgan fingerprint density at radius 2 is 1.43 bits per heavy atom. The fourth-order valence-electron chi connectivity index (χ4n) is 1.56. The fraction of sp³-hybridized carbons (Fsp3) is 0.786. The zero-order valence-corrected chi connectivity index (χ0v) is 13.8. The average Bonchev–Trinajstić information content (AvgIpc) is 2.21. The fourth-order valence-corrected chi connectivity index (χ4v) is 1.56. The predicted octanol–water partition coefficient (Wildman–Crippen LogP) is 1.09. The molecule has 3 amide bonds. The molecule has 0 fully saturated rings. The molecular formula is C14H27N3O4. The number of hydrogen-bond acceptors (Lipinski definition) is 3. The van der Waals surface area contributed by atoms with Gasteiger partial charge in [-0.05, 0) is 33.1 Å². The van der Waals surface area contributed by atoms with Crippen molar-refractivity contribution in [3.05, 3.63) is 0 Å². The van der Waals surface area contributed by atoms with Gasteiger partial charge in [-0.3, -0.25) is 4.79 Å². The van der Waals surface area contributed by atoms with Gasteiger partial charge in [0.05, 0.1) is 0 Å². The molecule has 4 N–H and O–H groups in total. The van der Waals surface area contributed by atoms with E-state index in [-0.39, 0.29) is 5.91 Å². The lowest BCUT2D eigenvalue weighted by Gasteiger charge is -2.29. The number of aliphatic carboxylic acids is 1. The molecule has 0 aliphatic rings. The van der Waals surface area contributed by atoms with Crippen molar-refractivity contribution in [1.29, 1.82) is 0 Å². The van der Waals surface area contributed by atoms with Gasteiger partial charge in [-0.2, -0.15) is 0 Å². The molecule has 0 radical (unpaired) electrons. The predicted molar refractivity (Wildman–Crippen MR) is 79.9 cm³/mol. The maximum absolute atomic E-state index is 11.8. The zero-order chi connectivity index (χ0) is 17.0. The summed E-state index contributed by atoms with van der Waals surface area (Å²) in [6, 6.07) is -2.50. The Balaban J connectivity index is 4.62. The molecule has 0 spiro atoms. The van der Waals surface area contributed by atoms with E-state index in [0.717, 1.165) is 0 Å². The molecule has 21 heavy (non-hydrogen) atoms. The van der Waals surface area contributed by atoms with Crippen LogP contribution in [0.3, 0.4) is 0 Å². The molecule has 0 aliphatic heterocycles. The largest absolute Gasteiger partial charge is 0.480 e. The molecule has 0 bridgehead atoms. The van der Waals surface area contributed by atoms with Crippen LogP contribution in [0.1, 0.15) is 48.5 Å². The third-order valence-electron chi connectivity index (χ3n) is 2.63. The molecule has 7 heteroatoms. The van der Waals surface area contributed by atoms with Crippen molar-refractivity contribution < 1.29 is 19.5 Å². The van der Waals surface area contributed by atoms with E-state index in [1.54, 1.807) is 20.8 Å². The summed E-state index contributed by atoms with van der Waals surface area (Å²) in [6.07, 6.45) is 0. The number of hydrogen-bond donors (Lipinski definition) is 4. The van der Waals surface area contributed by atoms with Gasteiger partial charge in [-0.1, -0.05) is 20.8 Å². The van der Waals surface area contributed by atoms with E-state index in [0.29, 0.717) is 0 Å². The molecule has 122 valence electrons. The normalized spacial score (nSPS) is 14.8. The molecule has 0 aromatic heterocycles. The molecule has 0 aromatic rings. The van der Waals surface area contributed by atoms with E-state index < -0.39 is 35.0 Å². The van der Waals surface area contributed by atoms with Crippen LogP contribution in [0.15, 0.2) is 0 Å². The quantitative estimate of drug-likeness (QED) is 0.623. The minimum atomic E-state index is -1.12. The van der Waals surface area contributed by atoms with Crippen molar-refractivity contribution in [3.63, 3.8) is 0 Å². The Hall–Kier alpha value is -1.79. The van der Waals surface area contributed by atoms with Crippen molar-refractivity contribution in [2.45, 2.75) is 66.1 Å². The van der Waals surface area contributed by atoms with Gasteiger partial charge in [0.1, 0.15) is 12.1 Å². The minimum absolute atomic E-state index is 0.333. The highest BCUT2D eigenvalue weighted by Gasteiger charge is 2.33. The van der Waals surface area contributed by atoms with Crippen molar-refractivity contribution in [1.82, 2.24) is 16.0 Å². The molecule has 0 saturated carbocycles. The summed E-state index contributed by atoms with van der Waals surface area (Å²) < 4.78 is 0. The Labute approximate surface area is 125 Å². The maximum Gasteiger partial charge on any atom is 0.326 e. The molecule has 0 aliphatic carbocycles. The van der Waals surface area contributed by atoms with E-state index >= 15 is 0 Å². The van der Waals surface area contributed by atoms with Crippen LogP contribution in [-0.2, 0) is 9.59 Å². The van der Waals surface area contributed by atoms with E-state index in [1.165, 1.54) is 6.92 Å². The second-order valence-corrected chi connectivity index (χ2v) is 7.22. The van der Waals surface area contributed by atoms with Crippen LogP contribution in [0, 0.1) is 5.41 Å². The second-order valence-electron chi connectivity index (χ2n) is 7.22. The summed E-state index contributed by atoms with van der Waals surface area (Å²) in [5.41, 5.74) is -1.04. The van der Waals surface area contributed by atoms with E-state index in [4.69, 9.17) is 5.11 Å². The van der Waals surface area contributed by atoms with Crippen molar-refractivity contribution in [2.24, 2.45) is 5.41 Å². The first kappa shape index (κ1) is 19.2. The van der Waals surface area contributed by atoms with Gasteiger partial charge in [-0.15, -0.1) is 0 Å². The first-order valence-corrected chi connectivity index (χ1v) is 6.86. The highest BCUT2D eigenvalue weighted by molar-refractivity contribution is 5.89. The molecule has 0 heterocycles. The number of carbonyl (C=O) groups excluding carboxylic acids is 2. The summed E-state index contributed by atoms with van der Waals surface area (Å²) in [6.45, 7) is 12.2. The van der Waals surface area contributed by atoms with Gasteiger partial charge in [0.25, 0.3) is 0 Å².